The number of nitrogens with zero attached hydrogens (tertiary/aromatic N) is 3. The largest absolute Gasteiger partial charge is 0.337 e. The van der Waals surface area contributed by atoms with E-state index < -0.39 is 10.0 Å². The van der Waals surface area contributed by atoms with Crippen molar-refractivity contribution in [3.8, 4) is 0 Å². The minimum Gasteiger partial charge on any atom is -0.337 e. The van der Waals surface area contributed by atoms with Gasteiger partial charge in [-0.25, -0.2) is 13.1 Å². The zero-order chi connectivity index (χ0) is 14.8. The third kappa shape index (κ3) is 4.12. The van der Waals surface area contributed by atoms with Crippen LogP contribution in [-0.2, 0) is 10.0 Å². The lowest BCUT2D eigenvalue weighted by molar-refractivity contribution is 0.0704. The van der Waals surface area contributed by atoms with Crippen molar-refractivity contribution in [1.29, 1.82) is 0 Å². The van der Waals surface area contributed by atoms with Crippen molar-refractivity contribution in [2.24, 2.45) is 0 Å². The molecule has 1 aliphatic heterocycles. The van der Waals surface area contributed by atoms with Crippen LogP contribution in [0.4, 0.5) is 0 Å². The number of hydrogen-bond donors (Lipinski definition) is 1. The first-order chi connectivity index (χ1) is 9.35. The van der Waals surface area contributed by atoms with E-state index in [1.807, 2.05) is 0 Å². The number of sulfonamides is 1. The van der Waals surface area contributed by atoms with Gasteiger partial charge >= 0.3 is 0 Å². The van der Waals surface area contributed by atoms with E-state index in [1.165, 1.54) is 12.1 Å². The van der Waals surface area contributed by atoms with Crippen LogP contribution in [0.2, 0.25) is 5.15 Å². The second-order valence-electron chi connectivity index (χ2n) is 4.70. The summed E-state index contributed by atoms with van der Waals surface area (Å²) >= 11 is 5.62. The summed E-state index contributed by atoms with van der Waals surface area (Å²) in [6, 6.07) is 2.92. The van der Waals surface area contributed by atoms with Crippen LogP contribution in [0.3, 0.4) is 0 Å². The third-order valence-electron chi connectivity index (χ3n) is 3.01. The second kappa shape index (κ2) is 6.02. The fraction of sp³-hybridized carbons (Fsp3) is 0.545. The van der Waals surface area contributed by atoms with E-state index in [0.717, 1.165) is 6.26 Å². The highest BCUT2D eigenvalue weighted by Crippen LogP contribution is 2.14. The number of likely N-dealkylation sites (tertiary alicyclic amines) is 1. The van der Waals surface area contributed by atoms with Gasteiger partial charge in [-0.05, 0) is 25.0 Å². The van der Waals surface area contributed by atoms with Gasteiger partial charge in [-0.15, -0.1) is 10.2 Å². The Kier molecular flexibility index (Phi) is 4.56. The quantitative estimate of drug-likeness (QED) is 0.864. The van der Waals surface area contributed by atoms with Crippen molar-refractivity contribution in [1.82, 2.24) is 19.8 Å². The zero-order valence-corrected chi connectivity index (χ0v) is 12.5. The summed E-state index contributed by atoms with van der Waals surface area (Å²) in [5, 5.41) is 7.62. The number of carbonyl (C=O) groups excluding carboxylic acids is 1. The smallest absolute Gasteiger partial charge is 0.274 e. The van der Waals surface area contributed by atoms with Gasteiger partial charge in [-0.2, -0.15) is 0 Å². The van der Waals surface area contributed by atoms with E-state index in [0.29, 0.717) is 25.9 Å². The molecule has 1 N–H and O–H groups in total. The van der Waals surface area contributed by atoms with Crippen LogP contribution < -0.4 is 4.72 Å². The molecule has 9 heteroatoms. The summed E-state index contributed by atoms with van der Waals surface area (Å²) in [6.07, 6.45) is 2.30. The van der Waals surface area contributed by atoms with Gasteiger partial charge in [0.05, 0.1) is 6.26 Å². The summed E-state index contributed by atoms with van der Waals surface area (Å²) in [5.74, 6) is -0.216. The molecule has 0 radical (unpaired) electrons. The van der Waals surface area contributed by atoms with Gasteiger partial charge in [0.1, 0.15) is 0 Å². The van der Waals surface area contributed by atoms with E-state index in [4.69, 9.17) is 11.6 Å². The van der Waals surface area contributed by atoms with Crippen LogP contribution in [0.15, 0.2) is 12.1 Å². The molecule has 1 aliphatic rings. The summed E-state index contributed by atoms with van der Waals surface area (Å²) in [5.41, 5.74) is 0.240. The monoisotopic (exact) mass is 318 g/mol. The molecule has 0 saturated carbocycles. The first-order valence-electron chi connectivity index (χ1n) is 6.11. The van der Waals surface area contributed by atoms with Gasteiger partial charge in [0.25, 0.3) is 5.91 Å². The molecule has 110 valence electrons. The standard InChI is InChI=1S/C11H15ClN4O3S/c1-20(18,19)15-8-4-6-16(7-5-8)11(17)9-2-3-10(12)14-13-9/h2-3,8,15H,4-7H2,1H3. The molecule has 20 heavy (non-hydrogen) atoms. The van der Waals surface area contributed by atoms with Crippen molar-refractivity contribution in [3.05, 3.63) is 23.0 Å². The Balaban J connectivity index is 1.93. The third-order valence-corrected chi connectivity index (χ3v) is 3.98. The summed E-state index contributed by atoms with van der Waals surface area (Å²) in [6.45, 7) is 0.965. The number of carbonyl (C=O) groups is 1. The van der Waals surface area contributed by atoms with E-state index in [1.54, 1.807) is 4.90 Å². The second-order valence-corrected chi connectivity index (χ2v) is 6.87. The Labute approximate surface area is 122 Å². The lowest BCUT2D eigenvalue weighted by Crippen LogP contribution is -2.46. The molecule has 0 aliphatic carbocycles. The Morgan fingerprint density at radius 3 is 2.50 bits per heavy atom. The van der Waals surface area contributed by atoms with Crippen molar-refractivity contribution in [2.45, 2.75) is 18.9 Å². The normalized spacial score (nSPS) is 17.2. The SMILES string of the molecule is CS(=O)(=O)NC1CCN(C(=O)c2ccc(Cl)nn2)CC1. The number of amides is 1. The molecule has 2 rings (SSSR count). The van der Waals surface area contributed by atoms with Crippen molar-refractivity contribution >= 4 is 27.5 Å². The molecule has 2 heterocycles. The van der Waals surface area contributed by atoms with Gasteiger partial charge in [-0.3, -0.25) is 4.79 Å². The van der Waals surface area contributed by atoms with Crippen molar-refractivity contribution in [3.63, 3.8) is 0 Å². The van der Waals surface area contributed by atoms with Gasteiger partial charge in [0.15, 0.2) is 10.8 Å². The fourth-order valence-electron chi connectivity index (χ4n) is 2.10. The highest BCUT2D eigenvalue weighted by molar-refractivity contribution is 7.88. The lowest BCUT2D eigenvalue weighted by atomic mass is 10.1. The predicted molar refractivity (Wildman–Crippen MR) is 73.9 cm³/mol. The molecule has 1 amide bonds. The molecular weight excluding hydrogens is 304 g/mol. The van der Waals surface area contributed by atoms with Crippen LogP contribution >= 0.6 is 11.6 Å². The molecule has 1 aromatic rings. The number of aromatic nitrogens is 2. The first-order valence-corrected chi connectivity index (χ1v) is 8.38. The Hall–Kier alpha value is -1.25. The number of rotatable bonds is 3. The Morgan fingerprint density at radius 1 is 1.35 bits per heavy atom. The van der Waals surface area contributed by atoms with Gasteiger partial charge in [-0.1, -0.05) is 11.6 Å². The predicted octanol–water partition coefficient (Wildman–Crippen LogP) is 0.284. The zero-order valence-electron chi connectivity index (χ0n) is 10.9. The van der Waals surface area contributed by atoms with E-state index >= 15 is 0 Å². The van der Waals surface area contributed by atoms with Crippen LogP contribution in [0.1, 0.15) is 23.3 Å². The molecule has 0 bridgehead atoms. The van der Waals surface area contributed by atoms with Gasteiger partial charge in [0.2, 0.25) is 10.0 Å². The minimum atomic E-state index is -3.21. The number of halogens is 1. The van der Waals surface area contributed by atoms with Crippen LogP contribution in [-0.4, -0.2) is 54.8 Å². The molecule has 1 aromatic heterocycles. The molecule has 7 nitrogen and oxygen atoms in total. The lowest BCUT2D eigenvalue weighted by Gasteiger charge is -2.31. The molecular formula is C11H15ClN4O3S. The van der Waals surface area contributed by atoms with Crippen molar-refractivity contribution < 1.29 is 13.2 Å². The van der Waals surface area contributed by atoms with Gasteiger partial charge in [0, 0.05) is 19.1 Å². The maximum atomic E-state index is 12.1. The highest BCUT2D eigenvalue weighted by Gasteiger charge is 2.25. The summed E-state index contributed by atoms with van der Waals surface area (Å²) in [4.78, 5) is 13.8. The van der Waals surface area contributed by atoms with E-state index in [-0.39, 0.29) is 22.8 Å². The molecule has 1 saturated heterocycles. The Morgan fingerprint density at radius 2 is 2.00 bits per heavy atom. The maximum Gasteiger partial charge on any atom is 0.274 e. The average molecular weight is 319 g/mol. The van der Waals surface area contributed by atoms with Crippen LogP contribution in [0, 0.1) is 0 Å². The minimum absolute atomic E-state index is 0.120. The highest BCUT2D eigenvalue weighted by atomic mass is 35.5. The molecule has 0 atom stereocenters. The molecule has 0 unspecified atom stereocenters. The number of hydrogen-bond acceptors (Lipinski definition) is 5. The van der Waals surface area contributed by atoms with Crippen LogP contribution in [0.5, 0.6) is 0 Å². The number of nitrogens with one attached hydrogen (secondary N) is 1. The van der Waals surface area contributed by atoms with E-state index in [9.17, 15) is 13.2 Å². The maximum absolute atomic E-state index is 12.1. The van der Waals surface area contributed by atoms with Crippen LogP contribution in [0.25, 0.3) is 0 Å². The number of piperidine rings is 1. The molecule has 1 fully saturated rings. The van der Waals surface area contributed by atoms with E-state index in [2.05, 4.69) is 14.9 Å². The average Bonchev–Trinajstić information content (AvgIpc) is 2.38. The fourth-order valence-corrected chi connectivity index (χ4v) is 3.04. The van der Waals surface area contributed by atoms with Crippen molar-refractivity contribution in [2.75, 3.05) is 19.3 Å². The Bertz CT molecular complexity index is 582. The topological polar surface area (TPSA) is 92.3 Å². The summed E-state index contributed by atoms with van der Waals surface area (Å²) < 4.78 is 24.8. The van der Waals surface area contributed by atoms with Gasteiger partial charge < -0.3 is 4.90 Å². The molecule has 0 aromatic carbocycles. The first kappa shape index (κ1) is 15.1. The molecule has 0 spiro atoms. The summed E-state index contributed by atoms with van der Waals surface area (Å²) in [7, 11) is -3.21.